The Kier molecular flexibility index (Phi) is 10.2. The number of hydrogen-bond donors (Lipinski definition) is 3. The molecule has 0 spiro atoms. The summed E-state index contributed by atoms with van der Waals surface area (Å²) in [5, 5.41) is 11.4. The van der Waals surface area contributed by atoms with Gasteiger partial charge in [-0.1, -0.05) is 43.3 Å². The number of halogens is 1. The minimum Gasteiger partial charge on any atom is -0.366 e. The third-order valence-electron chi connectivity index (χ3n) is 8.39. The van der Waals surface area contributed by atoms with Crippen LogP contribution in [0, 0.1) is 24.1 Å². The van der Waals surface area contributed by atoms with Crippen LogP contribution in [-0.2, 0) is 35.6 Å². The minimum atomic E-state index is -3.47. The summed E-state index contributed by atoms with van der Waals surface area (Å²) in [6.45, 7) is 11.2. The maximum absolute atomic E-state index is 14.3. The van der Waals surface area contributed by atoms with E-state index >= 15 is 0 Å². The number of rotatable bonds is 11. The molecule has 0 fully saturated rings. The number of carbonyl (C=O) groups excluding carboxylic acids is 1. The summed E-state index contributed by atoms with van der Waals surface area (Å²) in [6, 6.07) is 13.6. The molecule has 2 aromatic carbocycles. The molecule has 46 heavy (non-hydrogen) atoms. The molecule has 3 N–H and O–H groups in total. The van der Waals surface area contributed by atoms with Crippen LogP contribution in [-0.4, -0.2) is 45.8 Å². The molecule has 0 saturated heterocycles. The van der Waals surface area contributed by atoms with Crippen molar-refractivity contribution in [3.05, 3.63) is 101 Å². The number of nitrogens with one attached hydrogen (secondary N) is 1. The first-order valence-electron chi connectivity index (χ1n) is 15.5. The topological polar surface area (TPSA) is 126 Å². The number of pyridine rings is 1. The van der Waals surface area contributed by atoms with Gasteiger partial charge < -0.3 is 10.1 Å². The molecule has 0 radical (unpaired) electrons. The van der Waals surface area contributed by atoms with Gasteiger partial charge in [-0.2, -0.15) is 4.31 Å². The van der Waals surface area contributed by atoms with Crippen molar-refractivity contribution in [1.82, 2.24) is 24.3 Å². The van der Waals surface area contributed by atoms with Gasteiger partial charge in [0.15, 0.2) is 0 Å². The number of hydrogen-bond acceptors (Lipinski definition) is 8. The molecule has 10 nitrogen and oxygen atoms in total. The van der Waals surface area contributed by atoms with E-state index in [1.165, 1.54) is 12.1 Å². The lowest BCUT2D eigenvalue weighted by Crippen LogP contribution is -2.38. The molecule has 2 unspecified atom stereocenters. The molecule has 0 saturated carbocycles. The van der Waals surface area contributed by atoms with E-state index in [4.69, 9.17) is 4.74 Å². The van der Waals surface area contributed by atoms with E-state index < -0.39 is 28.1 Å². The first-order chi connectivity index (χ1) is 21.9. The van der Waals surface area contributed by atoms with Crippen molar-refractivity contribution >= 4 is 22.4 Å². The Morgan fingerprint density at radius 1 is 1.22 bits per heavy atom. The van der Waals surface area contributed by atoms with Crippen molar-refractivity contribution in [2.75, 3.05) is 11.9 Å². The molecule has 4 aromatic rings. The average molecular weight is 651 g/mol. The Morgan fingerprint density at radius 2 is 2.02 bits per heavy atom. The Morgan fingerprint density at radius 3 is 2.76 bits per heavy atom. The van der Waals surface area contributed by atoms with E-state index in [0.29, 0.717) is 24.3 Å². The SMILES string of the molecule is CCCn1cc(COC(c2ccc(C)c(CN3CC(C)Cc4ccc(F)cc4S3(O)O)c2)C(C)(C)C(=O)Nc2cccnc2)nn1. The highest BCUT2D eigenvalue weighted by Crippen LogP contribution is 2.56. The zero-order valence-corrected chi connectivity index (χ0v) is 27.8. The summed E-state index contributed by atoms with van der Waals surface area (Å²) in [4.78, 5) is 18.1. The normalized spacial score (nSPS) is 18.0. The highest BCUT2D eigenvalue weighted by Gasteiger charge is 2.40. The minimum absolute atomic E-state index is 0.105. The van der Waals surface area contributed by atoms with Crippen molar-refractivity contribution in [1.29, 1.82) is 0 Å². The highest BCUT2D eigenvalue weighted by molar-refractivity contribution is 8.22. The highest BCUT2D eigenvalue weighted by atomic mass is 32.3. The molecule has 2 atom stereocenters. The smallest absolute Gasteiger partial charge is 0.233 e. The number of benzene rings is 2. The van der Waals surface area contributed by atoms with E-state index in [1.807, 2.05) is 52.1 Å². The van der Waals surface area contributed by atoms with Crippen LogP contribution in [0.5, 0.6) is 0 Å². The van der Waals surface area contributed by atoms with Crippen molar-refractivity contribution in [3.63, 3.8) is 0 Å². The number of fused-ring (bicyclic) bond motifs is 1. The number of aryl methyl sites for hydroxylation is 2. The van der Waals surface area contributed by atoms with Gasteiger partial charge >= 0.3 is 0 Å². The summed E-state index contributed by atoms with van der Waals surface area (Å²) in [5.41, 5.74) is 3.44. The van der Waals surface area contributed by atoms with Crippen LogP contribution in [0.3, 0.4) is 0 Å². The Bertz CT molecular complexity index is 1660. The van der Waals surface area contributed by atoms with Gasteiger partial charge in [-0.3, -0.25) is 23.6 Å². The first-order valence-corrected chi connectivity index (χ1v) is 17.0. The molecular formula is C34H43FN6O4S. The van der Waals surface area contributed by atoms with Crippen LogP contribution in [0.1, 0.15) is 68.2 Å². The zero-order valence-electron chi connectivity index (χ0n) is 27.0. The molecule has 1 amide bonds. The molecule has 3 heterocycles. The van der Waals surface area contributed by atoms with Gasteiger partial charge in [0.2, 0.25) is 5.91 Å². The van der Waals surface area contributed by atoms with Crippen LogP contribution in [0.15, 0.2) is 72.0 Å². The van der Waals surface area contributed by atoms with Crippen molar-refractivity contribution in [3.8, 4) is 0 Å². The standard InChI is InChI=1S/C34H43FN6O4S/c1-6-14-40-21-30(38-39-40)22-45-32(34(4,5)33(42)37-29-8-7-13-36-18-29)26-10-9-24(3)27(16-26)20-41-19-23(2)15-25-11-12-28(35)17-31(25)46(41,43)44/h7-13,16-18,21,23,32,43-44H,6,14-15,19-20,22H2,1-5H3,(H,37,42). The van der Waals surface area contributed by atoms with Crippen molar-refractivity contribution in [2.24, 2.45) is 11.3 Å². The predicted octanol–water partition coefficient (Wildman–Crippen LogP) is 7.17. The lowest BCUT2D eigenvalue weighted by atomic mass is 9.80. The largest absolute Gasteiger partial charge is 0.366 e. The summed E-state index contributed by atoms with van der Waals surface area (Å²) in [6.07, 6.45) is 5.89. The average Bonchev–Trinajstić information content (AvgIpc) is 3.43. The fourth-order valence-corrected chi connectivity index (χ4v) is 7.67. The maximum Gasteiger partial charge on any atom is 0.233 e. The fraction of sp³-hybridized carbons (Fsp3) is 0.412. The Labute approximate surface area is 271 Å². The van der Waals surface area contributed by atoms with Crippen LogP contribution < -0.4 is 5.32 Å². The molecule has 1 aliphatic heterocycles. The van der Waals surface area contributed by atoms with E-state index in [0.717, 1.165) is 35.2 Å². The lowest BCUT2D eigenvalue weighted by Gasteiger charge is -2.43. The summed E-state index contributed by atoms with van der Waals surface area (Å²) < 4.78 is 47.3. The number of anilines is 1. The van der Waals surface area contributed by atoms with Gasteiger partial charge in [0.25, 0.3) is 0 Å². The van der Waals surface area contributed by atoms with Crippen molar-refractivity contribution < 1.29 is 23.0 Å². The molecule has 2 aromatic heterocycles. The monoisotopic (exact) mass is 650 g/mol. The number of amides is 1. The third kappa shape index (κ3) is 7.48. The molecular weight excluding hydrogens is 607 g/mol. The molecule has 0 aliphatic carbocycles. The second-order valence-corrected chi connectivity index (χ2v) is 14.7. The number of aromatic nitrogens is 4. The summed E-state index contributed by atoms with van der Waals surface area (Å²) >= 11 is 0. The van der Waals surface area contributed by atoms with Gasteiger partial charge in [-0.15, -0.1) is 15.9 Å². The van der Waals surface area contributed by atoms with E-state index in [9.17, 15) is 18.3 Å². The Balaban J connectivity index is 1.48. The van der Waals surface area contributed by atoms with Crippen LogP contribution in [0.4, 0.5) is 10.1 Å². The summed E-state index contributed by atoms with van der Waals surface area (Å²) in [7, 11) is -3.47. The molecule has 12 heteroatoms. The number of carbonyl (C=O) groups is 1. The first kappa shape index (κ1) is 33.7. The molecule has 0 bridgehead atoms. The summed E-state index contributed by atoms with van der Waals surface area (Å²) in [5.74, 6) is -0.655. The van der Waals surface area contributed by atoms with E-state index in [2.05, 4.69) is 27.5 Å². The zero-order chi connectivity index (χ0) is 33.1. The molecule has 5 rings (SSSR count). The van der Waals surface area contributed by atoms with Crippen LogP contribution in [0.2, 0.25) is 0 Å². The fourth-order valence-electron chi connectivity index (χ4n) is 5.83. The van der Waals surface area contributed by atoms with Gasteiger partial charge in [-0.05, 0) is 86.1 Å². The quantitative estimate of drug-likeness (QED) is 0.156. The van der Waals surface area contributed by atoms with Crippen LogP contribution in [0.25, 0.3) is 0 Å². The second kappa shape index (κ2) is 14.0. The van der Waals surface area contributed by atoms with E-state index in [1.54, 1.807) is 39.6 Å². The van der Waals surface area contributed by atoms with Gasteiger partial charge in [0.05, 0.1) is 41.1 Å². The Hall–Kier alpha value is -3.68. The van der Waals surface area contributed by atoms with Gasteiger partial charge in [0, 0.05) is 25.8 Å². The maximum atomic E-state index is 14.3. The van der Waals surface area contributed by atoms with Gasteiger partial charge in [0.1, 0.15) is 11.5 Å². The predicted molar refractivity (Wildman–Crippen MR) is 176 cm³/mol. The van der Waals surface area contributed by atoms with Crippen LogP contribution >= 0.6 is 10.8 Å². The number of ether oxygens (including phenoxy) is 1. The van der Waals surface area contributed by atoms with Gasteiger partial charge in [-0.25, -0.2) is 4.39 Å². The third-order valence-corrected chi connectivity index (χ3v) is 10.4. The number of nitrogens with zero attached hydrogens (tertiary/aromatic N) is 5. The molecule has 246 valence electrons. The second-order valence-electron chi connectivity index (χ2n) is 12.7. The molecule has 1 aliphatic rings. The lowest BCUT2D eigenvalue weighted by molar-refractivity contribution is -0.134. The van der Waals surface area contributed by atoms with Crippen molar-refractivity contribution in [2.45, 2.75) is 78.2 Å². The van der Waals surface area contributed by atoms with E-state index in [-0.39, 0.29) is 29.9 Å².